The first-order valence-corrected chi connectivity index (χ1v) is 9.35. The van der Waals surface area contributed by atoms with Gasteiger partial charge in [0.2, 0.25) is 10.0 Å². The van der Waals surface area contributed by atoms with E-state index in [2.05, 4.69) is 4.98 Å². The molecular weight excluding hydrogens is 344 g/mol. The molecular formula is C17H16N2O5S. The zero-order chi connectivity index (χ0) is 17.4. The lowest BCUT2D eigenvalue weighted by molar-refractivity contribution is 0.0535. The van der Waals surface area contributed by atoms with Crippen LogP contribution in [-0.4, -0.2) is 42.9 Å². The van der Waals surface area contributed by atoms with Crippen molar-refractivity contribution < 1.29 is 22.7 Å². The molecule has 1 aromatic heterocycles. The molecule has 0 amide bonds. The number of pyridine rings is 1. The van der Waals surface area contributed by atoms with E-state index in [0.717, 1.165) is 0 Å². The Morgan fingerprint density at radius 3 is 2.96 bits per heavy atom. The van der Waals surface area contributed by atoms with Gasteiger partial charge < -0.3 is 9.47 Å². The molecule has 25 heavy (non-hydrogen) atoms. The zero-order valence-electron chi connectivity index (χ0n) is 13.3. The Hall–Kier alpha value is -2.45. The van der Waals surface area contributed by atoms with Crippen molar-refractivity contribution in [3.8, 4) is 5.75 Å². The van der Waals surface area contributed by atoms with Crippen molar-refractivity contribution in [2.45, 2.75) is 24.0 Å². The maximum Gasteiger partial charge on any atom is 0.338 e. The highest BCUT2D eigenvalue weighted by Gasteiger charge is 2.35. The number of benzene rings is 1. The SMILES string of the molecule is O=C1OCc2ccc(S(=O)(=O)N3CC[C@@H](Oc4cccnc4)C3)cc21. The molecule has 0 aliphatic carbocycles. The minimum absolute atomic E-state index is 0.104. The van der Waals surface area contributed by atoms with Crippen LogP contribution in [0.15, 0.2) is 47.6 Å². The first-order valence-electron chi connectivity index (χ1n) is 7.91. The van der Waals surface area contributed by atoms with Crippen LogP contribution in [0.1, 0.15) is 22.3 Å². The lowest BCUT2D eigenvalue weighted by Crippen LogP contribution is -2.31. The largest absolute Gasteiger partial charge is 0.487 e. The minimum Gasteiger partial charge on any atom is -0.487 e. The zero-order valence-corrected chi connectivity index (χ0v) is 14.1. The number of fused-ring (bicyclic) bond motifs is 1. The number of esters is 1. The number of hydrogen-bond donors (Lipinski definition) is 0. The normalized spacial score (nSPS) is 20.3. The summed E-state index contributed by atoms with van der Waals surface area (Å²) in [4.78, 5) is 15.8. The fourth-order valence-corrected chi connectivity index (χ4v) is 4.54. The van der Waals surface area contributed by atoms with E-state index in [-0.39, 0.29) is 24.2 Å². The molecule has 4 rings (SSSR count). The van der Waals surface area contributed by atoms with Gasteiger partial charge in [-0.3, -0.25) is 4.98 Å². The van der Waals surface area contributed by atoms with Crippen molar-refractivity contribution in [1.82, 2.24) is 9.29 Å². The average Bonchev–Trinajstić information content (AvgIpc) is 3.23. The molecule has 1 saturated heterocycles. The summed E-state index contributed by atoms with van der Waals surface area (Å²) in [7, 11) is -3.68. The fraction of sp³-hybridized carbons (Fsp3) is 0.294. The van der Waals surface area contributed by atoms with Crippen LogP contribution in [0.2, 0.25) is 0 Å². The summed E-state index contributed by atoms with van der Waals surface area (Å²) in [5.41, 5.74) is 1.03. The van der Waals surface area contributed by atoms with Crippen molar-refractivity contribution in [2.24, 2.45) is 0 Å². The number of rotatable bonds is 4. The number of cyclic esters (lactones) is 1. The molecule has 2 aliphatic heterocycles. The Bertz CT molecular complexity index is 914. The van der Waals surface area contributed by atoms with Crippen LogP contribution in [0, 0.1) is 0 Å². The number of carbonyl (C=O) groups is 1. The van der Waals surface area contributed by atoms with E-state index in [1.165, 1.54) is 16.4 Å². The number of ether oxygens (including phenoxy) is 2. The van der Waals surface area contributed by atoms with Crippen LogP contribution in [0.25, 0.3) is 0 Å². The van der Waals surface area contributed by atoms with Crippen LogP contribution in [0.3, 0.4) is 0 Å². The van der Waals surface area contributed by atoms with Gasteiger partial charge in [-0.15, -0.1) is 0 Å². The van der Waals surface area contributed by atoms with E-state index in [1.807, 2.05) is 0 Å². The molecule has 1 aromatic carbocycles. The Kier molecular flexibility index (Phi) is 3.93. The van der Waals surface area contributed by atoms with Gasteiger partial charge in [0.25, 0.3) is 0 Å². The van der Waals surface area contributed by atoms with E-state index >= 15 is 0 Å². The number of sulfonamides is 1. The summed E-state index contributed by atoms with van der Waals surface area (Å²) in [5.74, 6) is 0.137. The molecule has 7 nitrogen and oxygen atoms in total. The summed E-state index contributed by atoms with van der Waals surface area (Å²) in [6.45, 7) is 0.826. The molecule has 1 atom stereocenters. The summed E-state index contributed by atoms with van der Waals surface area (Å²) in [6.07, 6.45) is 3.62. The van der Waals surface area contributed by atoms with Crippen LogP contribution in [0.5, 0.6) is 5.75 Å². The summed E-state index contributed by atoms with van der Waals surface area (Å²) in [5, 5.41) is 0. The maximum absolute atomic E-state index is 12.8. The van der Waals surface area contributed by atoms with E-state index < -0.39 is 16.0 Å². The van der Waals surface area contributed by atoms with Gasteiger partial charge in [-0.2, -0.15) is 4.31 Å². The Labute approximate surface area is 145 Å². The number of aromatic nitrogens is 1. The second-order valence-corrected chi connectivity index (χ2v) is 7.91. The Morgan fingerprint density at radius 1 is 1.28 bits per heavy atom. The van der Waals surface area contributed by atoms with Crippen LogP contribution in [0.4, 0.5) is 0 Å². The highest BCUT2D eigenvalue weighted by molar-refractivity contribution is 7.89. The van der Waals surface area contributed by atoms with E-state index in [9.17, 15) is 13.2 Å². The number of carbonyl (C=O) groups excluding carboxylic acids is 1. The quantitative estimate of drug-likeness (QED) is 0.770. The van der Waals surface area contributed by atoms with Crippen molar-refractivity contribution in [3.63, 3.8) is 0 Å². The van der Waals surface area contributed by atoms with Gasteiger partial charge in [-0.05, 0) is 30.7 Å². The molecule has 0 unspecified atom stereocenters. The smallest absolute Gasteiger partial charge is 0.338 e. The standard InChI is InChI=1S/C17H16N2O5S/c20-17-16-8-15(4-3-12(16)11-23-17)25(21,22)19-7-5-14(10-19)24-13-2-1-6-18-9-13/h1-4,6,8-9,14H,5,7,10-11H2/t14-/m1/s1. The molecule has 0 spiro atoms. The molecule has 0 N–H and O–H groups in total. The van der Waals surface area contributed by atoms with E-state index in [0.29, 0.717) is 29.8 Å². The molecule has 2 aliphatic rings. The van der Waals surface area contributed by atoms with Crippen molar-refractivity contribution in [3.05, 3.63) is 53.9 Å². The minimum atomic E-state index is -3.68. The highest BCUT2D eigenvalue weighted by atomic mass is 32.2. The van der Waals surface area contributed by atoms with Gasteiger partial charge in [0.05, 0.1) is 23.2 Å². The van der Waals surface area contributed by atoms with Crippen molar-refractivity contribution >= 4 is 16.0 Å². The van der Waals surface area contributed by atoms with Crippen molar-refractivity contribution in [1.29, 1.82) is 0 Å². The van der Waals surface area contributed by atoms with Crippen LogP contribution >= 0.6 is 0 Å². The third-order valence-electron chi connectivity index (χ3n) is 4.34. The molecule has 0 bridgehead atoms. The molecule has 0 radical (unpaired) electrons. The molecule has 8 heteroatoms. The Balaban J connectivity index is 1.52. The topological polar surface area (TPSA) is 85.8 Å². The third kappa shape index (κ3) is 2.98. The van der Waals surface area contributed by atoms with Gasteiger partial charge in [-0.25, -0.2) is 13.2 Å². The van der Waals surface area contributed by atoms with Gasteiger partial charge in [-0.1, -0.05) is 6.07 Å². The summed E-state index contributed by atoms with van der Waals surface area (Å²) in [6, 6.07) is 8.10. The predicted octanol–water partition coefficient (Wildman–Crippen LogP) is 1.59. The van der Waals surface area contributed by atoms with Gasteiger partial charge in [0.15, 0.2) is 0 Å². The first-order chi connectivity index (χ1) is 12.0. The maximum atomic E-state index is 12.8. The molecule has 1 fully saturated rings. The van der Waals surface area contributed by atoms with Crippen molar-refractivity contribution in [2.75, 3.05) is 13.1 Å². The molecule has 0 saturated carbocycles. The Morgan fingerprint density at radius 2 is 2.16 bits per heavy atom. The first kappa shape index (κ1) is 16.0. The monoisotopic (exact) mass is 360 g/mol. The van der Waals surface area contributed by atoms with Gasteiger partial charge >= 0.3 is 5.97 Å². The second-order valence-electron chi connectivity index (χ2n) is 5.98. The predicted molar refractivity (Wildman–Crippen MR) is 87.6 cm³/mol. The van der Waals surface area contributed by atoms with Crippen LogP contribution in [-0.2, 0) is 21.4 Å². The van der Waals surface area contributed by atoms with E-state index in [1.54, 1.807) is 30.6 Å². The summed E-state index contributed by atoms with van der Waals surface area (Å²) < 4.78 is 37.8. The number of hydrogen-bond acceptors (Lipinski definition) is 6. The lowest BCUT2D eigenvalue weighted by Gasteiger charge is -2.17. The van der Waals surface area contributed by atoms with Gasteiger partial charge in [0.1, 0.15) is 18.5 Å². The lowest BCUT2D eigenvalue weighted by atomic mass is 10.1. The second kappa shape index (κ2) is 6.12. The van der Waals surface area contributed by atoms with E-state index in [4.69, 9.17) is 9.47 Å². The molecule has 3 heterocycles. The third-order valence-corrected chi connectivity index (χ3v) is 6.20. The fourth-order valence-electron chi connectivity index (χ4n) is 3.02. The average molecular weight is 360 g/mol. The summed E-state index contributed by atoms with van der Waals surface area (Å²) >= 11 is 0. The van der Waals surface area contributed by atoms with Crippen LogP contribution < -0.4 is 4.74 Å². The highest BCUT2D eigenvalue weighted by Crippen LogP contribution is 2.27. The number of nitrogens with zero attached hydrogens (tertiary/aromatic N) is 2. The van der Waals surface area contributed by atoms with Gasteiger partial charge in [0, 0.05) is 18.3 Å². The molecule has 130 valence electrons. The molecule has 2 aromatic rings.